The van der Waals surface area contributed by atoms with Crippen molar-refractivity contribution < 1.29 is 23.5 Å². The maximum Gasteiger partial charge on any atom is 0.305 e. The average molecular weight is 401 g/mol. The summed E-state index contributed by atoms with van der Waals surface area (Å²) >= 11 is 0. The Morgan fingerprint density at radius 2 is 1.52 bits per heavy atom. The Bertz CT molecular complexity index is 533. The van der Waals surface area contributed by atoms with E-state index in [0.29, 0.717) is 0 Å². The molecule has 6 heteroatoms. The molecule has 0 saturated heterocycles. The molecule has 0 aromatic carbocycles. The van der Waals surface area contributed by atoms with Gasteiger partial charge in [0.2, 0.25) is 0 Å². The monoisotopic (exact) mass is 400 g/mol. The third kappa shape index (κ3) is 6.52. The van der Waals surface area contributed by atoms with Crippen molar-refractivity contribution in [1.82, 2.24) is 0 Å². The number of carbonyl (C=O) groups excluding carboxylic acids is 3. The molecule has 0 fully saturated rings. The highest BCUT2D eigenvalue weighted by molar-refractivity contribution is 6.74. The molecule has 0 heterocycles. The lowest BCUT2D eigenvalue weighted by molar-refractivity contribution is -0.145. The van der Waals surface area contributed by atoms with Crippen molar-refractivity contribution in [3.63, 3.8) is 0 Å². The molecule has 0 spiro atoms. The second kappa shape index (κ2) is 9.46. The van der Waals surface area contributed by atoms with E-state index in [2.05, 4.69) is 33.9 Å². The molecule has 0 radical (unpaired) electrons. The SMILES string of the molecule is COC(=O)C[C@H](C)C(C)(C)C(=O)[C@H](C)[C@@H](O[Si](C)(C)C(C)(C)C)[C@@H](C)C=O. The number of ketones is 1. The Hall–Kier alpha value is -1.01. The summed E-state index contributed by atoms with van der Waals surface area (Å²) in [7, 11) is -0.811. The van der Waals surface area contributed by atoms with E-state index in [4.69, 9.17) is 9.16 Å². The van der Waals surface area contributed by atoms with E-state index < -0.39 is 25.8 Å². The summed E-state index contributed by atoms with van der Waals surface area (Å²) in [6.07, 6.45) is 0.575. The molecule has 0 N–H and O–H groups in total. The second-order valence-electron chi connectivity index (χ2n) is 9.89. The van der Waals surface area contributed by atoms with Gasteiger partial charge in [-0.3, -0.25) is 9.59 Å². The van der Waals surface area contributed by atoms with E-state index in [1.54, 1.807) is 6.92 Å². The molecule has 0 aliphatic rings. The number of rotatable bonds is 10. The molecular formula is C21H40O5Si. The van der Waals surface area contributed by atoms with E-state index in [0.717, 1.165) is 6.29 Å². The molecule has 0 bridgehead atoms. The summed E-state index contributed by atoms with van der Waals surface area (Å²) in [5.41, 5.74) is -0.731. The molecule has 0 aliphatic carbocycles. The normalized spacial score (nSPS) is 17.6. The van der Waals surface area contributed by atoms with Crippen LogP contribution in [0.25, 0.3) is 0 Å². The summed E-state index contributed by atoms with van der Waals surface area (Å²) in [6, 6.07) is 0. The van der Waals surface area contributed by atoms with Crippen LogP contribution in [0.2, 0.25) is 18.1 Å². The van der Waals surface area contributed by atoms with Gasteiger partial charge < -0.3 is 14.0 Å². The predicted octanol–water partition coefficient (Wildman–Crippen LogP) is 4.64. The Morgan fingerprint density at radius 3 is 1.89 bits per heavy atom. The highest BCUT2D eigenvalue weighted by atomic mass is 28.4. The van der Waals surface area contributed by atoms with Gasteiger partial charge in [0.25, 0.3) is 0 Å². The van der Waals surface area contributed by atoms with E-state index in [1.807, 2.05) is 27.7 Å². The van der Waals surface area contributed by atoms with Crippen LogP contribution >= 0.6 is 0 Å². The van der Waals surface area contributed by atoms with Gasteiger partial charge in [-0.15, -0.1) is 0 Å². The van der Waals surface area contributed by atoms with Crippen molar-refractivity contribution in [1.29, 1.82) is 0 Å². The first kappa shape index (κ1) is 26.0. The minimum Gasteiger partial charge on any atom is -0.469 e. The lowest BCUT2D eigenvalue weighted by Gasteiger charge is -2.43. The molecule has 0 aliphatic heterocycles. The van der Waals surface area contributed by atoms with Crippen LogP contribution in [0, 0.1) is 23.2 Å². The van der Waals surface area contributed by atoms with Gasteiger partial charge in [-0.05, 0) is 24.1 Å². The Balaban J connectivity index is 5.66. The fourth-order valence-electron chi connectivity index (χ4n) is 2.83. The van der Waals surface area contributed by atoms with Crippen LogP contribution < -0.4 is 0 Å². The standard InChI is InChI=1S/C21H40O5Si/c1-14(13-22)18(26-27(10,11)20(4,5)6)16(3)19(24)21(7,8)15(2)12-17(23)25-9/h13-16,18H,12H2,1-11H3/t14-,15-,16+,18-/m0/s1. The van der Waals surface area contributed by atoms with E-state index >= 15 is 0 Å². The van der Waals surface area contributed by atoms with Crippen molar-refractivity contribution in [2.75, 3.05) is 7.11 Å². The second-order valence-corrected chi connectivity index (χ2v) is 14.7. The summed E-state index contributed by atoms with van der Waals surface area (Å²) in [4.78, 5) is 36.5. The van der Waals surface area contributed by atoms with Crippen LogP contribution in [0.4, 0.5) is 0 Å². The maximum atomic E-state index is 13.3. The molecular weight excluding hydrogens is 360 g/mol. The minimum atomic E-state index is -2.16. The van der Waals surface area contributed by atoms with Gasteiger partial charge >= 0.3 is 5.97 Å². The zero-order valence-corrected chi connectivity index (χ0v) is 20.1. The zero-order chi connectivity index (χ0) is 21.8. The number of carbonyl (C=O) groups is 3. The van der Waals surface area contributed by atoms with Crippen LogP contribution in [-0.4, -0.2) is 39.6 Å². The number of methoxy groups -OCH3 is 1. The Labute approximate surface area is 166 Å². The van der Waals surface area contributed by atoms with Crippen LogP contribution in [-0.2, 0) is 23.5 Å². The van der Waals surface area contributed by atoms with Gasteiger partial charge in [0.15, 0.2) is 8.32 Å². The van der Waals surface area contributed by atoms with Crippen LogP contribution in [0.1, 0.15) is 61.8 Å². The van der Waals surface area contributed by atoms with Crippen molar-refractivity contribution in [3.8, 4) is 0 Å². The molecule has 158 valence electrons. The lowest BCUT2D eigenvalue weighted by atomic mass is 9.69. The lowest BCUT2D eigenvalue weighted by Crippen LogP contribution is -2.51. The molecule has 0 amide bonds. The quantitative estimate of drug-likeness (QED) is 0.303. The summed E-state index contributed by atoms with van der Waals surface area (Å²) in [5, 5.41) is -0.0235. The van der Waals surface area contributed by atoms with Gasteiger partial charge in [-0.2, -0.15) is 0 Å². The van der Waals surface area contributed by atoms with Crippen LogP contribution in [0.15, 0.2) is 0 Å². The third-order valence-electron chi connectivity index (χ3n) is 6.44. The molecule has 0 aromatic heterocycles. The summed E-state index contributed by atoms with van der Waals surface area (Å²) in [6.45, 7) is 19.9. The van der Waals surface area contributed by atoms with Gasteiger partial charge in [-0.25, -0.2) is 0 Å². The minimum absolute atomic E-state index is 0.0105. The van der Waals surface area contributed by atoms with Gasteiger partial charge in [0.05, 0.1) is 13.2 Å². The average Bonchev–Trinajstić information content (AvgIpc) is 2.56. The molecule has 4 atom stereocenters. The number of esters is 1. The highest BCUT2D eigenvalue weighted by Crippen LogP contribution is 2.41. The van der Waals surface area contributed by atoms with Crippen molar-refractivity contribution in [2.45, 2.75) is 86.0 Å². The third-order valence-corrected chi connectivity index (χ3v) is 10.9. The number of hydrogen-bond donors (Lipinski definition) is 0. The first-order valence-corrected chi connectivity index (χ1v) is 12.7. The van der Waals surface area contributed by atoms with Crippen LogP contribution in [0.5, 0.6) is 0 Å². The van der Waals surface area contributed by atoms with E-state index in [9.17, 15) is 14.4 Å². The molecule has 0 aromatic rings. The molecule has 27 heavy (non-hydrogen) atoms. The Kier molecular flexibility index (Phi) is 9.10. The molecule has 0 unspecified atom stereocenters. The zero-order valence-electron chi connectivity index (χ0n) is 19.1. The molecule has 5 nitrogen and oxygen atoms in total. The number of Topliss-reactive ketones (excluding diaryl/α,β-unsaturated/α-hetero) is 1. The number of ether oxygens (including phenoxy) is 1. The molecule has 0 rings (SSSR count). The highest BCUT2D eigenvalue weighted by Gasteiger charge is 2.46. The van der Waals surface area contributed by atoms with Crippen LogP contribution in [0.3, 0.4) is 0 Å². The van der Waals surface area contributed by atoms with Gasteiger partial charge in [0, 0.05) is 23.7 Å². The van der Waals surface area contributed by atoms with Crippen molar-refractivity contribution >= 4 is 26.4 Å². The predicted molar refractivity (Wildman–Crippen MR) is 111 cm³/mol. The number of aldehydes is 1. The Morgan fingerprint density at radius 1 is 1.04 bits per heavy atom. The molecule has 0 saturated carbocycles. The maximum absolute atomic E-state index is 13.3. The van der Waals surface area contributed by atoms with Gasteiger partial charge in [-0.1, -0.05) is 55.4 Å². The first-order chi connectivity index (χ1) is 12.0. The van der Waals surface area contributed by atoms with Gasteiger partial charge in [0.1, 0.15) is 12.1 Å². The van der Waals surface area contributed by atoms with Crippen molar-refractivity contribution in [2.24, 2.45) is 23.2 Å². The first-order valence-electron chi connectivity index (χ1n) is 9.77. The summed E-state index contributed by atoms with van der Waals surface area (Å²) in [5.74, 6) is -1.33. The topological polar surface area (TPSA) is 69.7 Å². The smallest absolute Gasteiger partial charge is 0.305 e. The van der Waals surface area contributed by atoms with E-state index in [-0.39, 0.29) is 35.0 Å². The van der Waals surface area contributed by atoms with E-state index in [1.165, 1.54) is 7.11 Å². The number of hydrogen-bond acceptors (Lipinski definition) is 5. The fourth-order valence-corrected chi connectivity index (χ4v) is 4.28. The van der Waals surface area contributed by atoms with Crippen molar-refractivity contribution in [3.05, 3.63) is 0 Å². The largest absolute Gasteiger partial charge is 0.469 e. The fraction of sp³-hybridized carbons (Fsp3) is 0.857. The summed E-state index contributed by atoms with van der Waals surface area (Å²) < 4.78 is 11.3.